The maximum Gasteiger partial charge on any atom is 0.325 e. The Morgan fingerprint density at radius 1 is 1.03 bits per heavy atom. The summed E-state index contributed by atoms with van der Waals surface area (Å²) in [5, 5.41) is 12.6. The quantitative estimate of drug-likeness (QED) is 0.248. The highest BCUT2D eigenvalue weighted by molar-refractivity contribution is 5.75. The van der Waals surface area contributed by atoms with E-state index in [0.29, 0.717) is 18.2 Å². The molecule has 7 nitrogen and oxygen atoms in total. The Kier molecular flexibility index (Phi) is 10.8. The van der Waals surface area contributed by atoms with E-state index in [0.717, 1.165) is 49.9 Å². The number of unbranched alkanes of at least 4 members (excludes halogenated alkanes) is 3. The lowest BCUT2D eigenvalue weighted by Gasteiger charge is -2.17. The van der Waals surface area contributed by atoms with Gasteiger partial charge in [0, 0.05) is 20.1 Å². The molecule has 7 heteroatoms. The molecule has 3 aromatic rings. The van der Waals surface area contributed by atoms with E-state index in [9.17, 15) is 4.79 Å². The number of aliphatic hydroxyl groups is 1. The number of ether oxygens (including phenoxy) is 1. The molecule has 35 heavy (non-hydrogen) atoms. The van der Waals surface area contributed by atoms with Gasteiger partial charge in [-0.05, 0) is 36.9 Å². The van der Waals surface area contributed by atoms with Gasteiger partial charge in [-0.25, -0.2) is 4.98 Å². The standard InChI is InChI=1S/C28H37N3O4/c1-31(21-26(33)34-2)28-25(20-23-15-9-6-10-16-23)30-27(35-28)24(19-22-13-7-5-8-14-22)29-17-11-3-4-12-18-32/h5-10,13-16,24,29,32H,3-4,11-12,17-21H2,1-2H3. The van der Waals surface area contributed by atoms with Gasteiger partial charge in [-0.2, -0.15) is 0 Å². The molecular formula is C28H37N3O4. The molecule has 2 N–H and O–H groups in total. The van der Waals surface area contributed by atoms with Gasteiger partial charge >= 0.3 is 5.97 Å². The predicted molar refractivity (Wildman–Crippen MR) is 137 cm³/mol. The summed E-state index contributed by atoms with van der Waals surface area (Å²) in [4.78, 5) is 18.6. The number of likely N-dealkylation sites (N-methyl/N-ethyl adjacent to an activating group) is 1. The zero-order valence-corrected chi connectivity index (χ0v) is 20.8. The number of rotatable bonds is 15. The van der Waals surface area contributed by atoms with Crippen molar-refractivity contribution in [1.82, 2.24) is 10.3 Å². The summed E-state index contributed by atoms with van der Waals surface area (Å²) in [6.07, 6.45) is 5.27. The van der Waals surface area contributed by atoms with Crippen molar-refractivity contribution >= 4 is 11.9 Å². The van der Waals surface area contributed by atoms with Crippen LogP contribution in [0, 0.1) is 0 Å². The molecule has 0 bridgehead atoms. The summed E-state index contributed by atoms with van der Waals surface area (Å²) >= 11 is 0. The lowest BCUT2D eigenvalue weighted by Crippen LogP contribution is -2.27. The number of benzene rings is 2. The highest BCUT2D eigenvalue weighted by atomic mass is 16.5. The first-order valence-electron chi connectivity index (χ1n) is 12.3. The van der Waals surface area contributed by atoms with Crippen molar-refractivity contribution in [3.8, 4) is 0 Å². The van der Waals surface area contributed by atoms with Gasteiger partial charge in [-0.1, -0.05) is 73.5 Å². The largest absolute Gasteiger partial charge is 0.468 e. The number of esters is 1. The van der Waals surface area contributed by atoms with Crippen LogP contribution in [0.25, 0.3) is 0 Å². The van der Waals surface area contributed by atoms with Gasteiger partial charge in [-0.15, -0.1) is 0 Å². The minimum atomic E-state index is -0.335. The Labute approximate surface area is 208 Å². The average molecular weight is 480 g/mol. The molecule has 1 aromatic heterocycles. The van der Waals surface area contributed by atoms with Crippen LogP contribution in [0.3, 0.4) is 0 Å². The Morgan fingerprint density at radius 2 is 1.69 bits per heavy atom. The van der Waals surface area contributed by atoms with E-state index in [1.165, 1.54) is 12.7 Å². The molecule has 0 spiro atoms. The van der Waals surface area contributed by atoms with Crippen LogP contribution in [0.4, 0.5) is 5.88 Å². The summed E-state index contributed by atoms with van der Waals surface area (Å²) in [7, 11) is 3.20. The second-order valence-electron chi connectivity index (χ2n) is 8.73. The number of carbonyl (C=O) groups is 1. The van der Waals surface area contributed by atoms with Crippen molar-refractivity contribution in [3.63, 3.8) is 0 Å². The molecule has 3 rings (SSSR count). The van der Waals surface area contributed by atoms with E-state index in [2.05, 4.69) is 29.6 Å². The molecule has 0 aliphatic carbocycles. The average Bonchev–Trinajstić information content (AvgIpc) is 3.30. The van der Waals surface area contributed by atoms with E-state index < -0.39 is 0 Å². The van der Waals surface area contributed by atoms with Crippen LogP contribution in [-0.4, -0.2) is 49.9 Å². The van der Waals surface area contributed by atoms with Gasteiger partial charge in [0.05, 0.1) is 13.2 Å². The Balaban J connectivity index is 1.84. The van der Waals surface area contributed by atoms with E-state index in [1.54, 1.807) is 4.90 Å². The van der Waals surface area contributed by atoms with Gasteiger partial charge in [0.1, 0.15) is 12.2 Å². The number of aromatic nitrogens is 1. The second-order valence-corrected chi connectivity index (χ2v) is 8.73. The number of carbonyl (C=O) groups excluding carboxylic acids is 1. The fraction of sp³-hybridized carbons (Fsp3) is 0.429. The molecule has 0 aliphatic rings. The topological polar surface area (TPSA) is 87.8 Å². The SMILES string of the molecule is COC(=O)CN(C)c1oc(C(Cc2ccccc2)NCCCCCCO)nc1Cc1ccccc1. The number of anilines is 1. The number of nitrogens with zero attached hydrogens (tertiary/aromatic N) is 2. The van der Waals surface area contributed by atoms with Gasteiger partial charge in [-0.3, -0.25) is 4.79 Å². The predicted octanol–water partition coefficient (Wildman–Crippen LogP) is 4.30. The molecule has 2 aromatic carbocycles. The second kappa shape index (κ2) is 14.3. The number of nitrogens with one attached hydrogen (secondary N) is 1. The number of aliphatic hydroxyl groups excluding tert-OH is 1. The van der Waals surface area contributed by atoms with Gasteiger partial charge in [0.15, 0.2) is 0 Å². The molecule has 1 unspecified atom stereocenters. The Bertz CT molecular complexity index is 1010. The number of hydrogen-bond donors (Lipinski definition) is 2. The molecule has 0 radical (unpaired) electrons. The zero-order chi connectivity index (χ0) is 24.9. The Morgan fingerprint density at radius 3 is 2.34 bits per heavy atom. The monoisotopic (exact) mass is 479 g/mol. The maximum absolute atomic E-state index is 11.9. The first-order valence-corrected chi connectivity index (χ1v) is 12.3. The van der Waals surface area contributed by atoms with Crippen molar-refractivity contribution in [2.24, 2.45) is 0 Å². The first-order chi connectivity index (χ1) is 17.1. The Hall–Kier alpha value is -3.16. The summed E-state index contributed by atoms with van der Waals surface area (Å²) in [6, 6.07) is 20.3. The molecule has 0 saturated heterocycles. The molecular weight excluding hydrogens is 442 g/mol. The van der Waals surface area contributed by atoms with Gasteiger partial charge in [0.25, 0.3) is 0 Å². The molecule has 188 valence electrons. The molecule has 0 fully saturated rings. The minimum absolute atomic E-state index is 0.0779. The van der Waals surface area contributed by atoms with Crippen molar-refractivity contribution < 1.29 is 19.1 Å². The third kappa shape index (κ3) is 8.53. The van der Waals surface area contributed by atoms with E-state index in [4.69, 9.17) is 19.2 Å². The summed E-state index contributed by atoms with van der Waals surface area (Å²) in [5.74, 6) is 0.858. The smallest absolute Gasteiger partial charge is 0.325 e. The highest BCUT2D eigenvalue weighted by Gasteiger charge is 2.24. The van der Waals surface area contributed by atoms with Crippen LogP contribution >= 0.6 is 0 Å². The number of hydrogen-bond acceptors (Lipinski definition) is 7. The van der Waals surface area contributed by atoms with E-state index >= 15 is 0 Å². The third-order valence-electron chi connectivity index (χ3n) is 5.90. The first kappa shape index (κ1) is 26.4. The van der Waals surface area contributed by atoms with Crippen molar-refractivity contribution in [3.05, 3.63) is 83.4 Å². The van der Waals surface area contributed by atoms with E-state index in [-0.39, 0.29) is 25.2 Å². The number of methoxy groups -OCH3 is 1. The molecule has 1 atom stereocenters. The molecule has 0 saturated carbocycles. The molecule has 0 amide bonds. The van der Waals surface area contributed by atoms with E-state index in [1.807, 2.05) is 43.4 Å². The summed E-state index contributed by atoms with van der Waals surface area (Å²) in [5.41, 5.74) is 3.11. The van der Waals surface area contributed by atoms with Gasteiger partial charge < -0.3 is 24.5 Å². The van der Waals surface area contributed by atoms with Crippen molar-refractivity contribution in [2.45, 2.75) is 44.6 Å². The highest BCUT2D eigenvalue weighted by Crippen LogP contribution is 2.28. The van der Waals surface area contributed by atoms with Crippen LogP contribution < -0.4 is 10.2 Å². The van der Waals surface area contributed by atoms with Crippen molar-refractivity contribution in [2.75, 3.05) is 38.8 Å². The van der Waals surface area contributed by atoms with Crippen LogP contribution in [0.1, 0.15) is 54.4 Å². The lowest BCUT2D eigenvalue weighted by atomic mass is 10.1. The molecule has 0 aliphatic heterocycles. The van der Waals surface area contributed by atoms with Crippen LogP contribution in [-0.2, 0) is 22.4 Å². The normalized spacial score (nSPS) is 11.9. The zero-order valence-electron chi connectivity index (χ0n) is 20.8. The van der Waals surface area contributed by atoms with Crippen LogP contribution in [0.2, 0.25) is 0 Å². The van der Waals surface area contributed by atoms with Gasteiger partial charge in [0.2, 0.25) is 11.8 Å². The molecule has 1 heterocycles. The number of oxazole rings is 1. The summed E-state index contributed by atoms with van der Waals surface area (Å²) in [6.45, 7) is 1.15. The third-order valence-corrected chi connectivity index (χ3v) is 5.90. The fourth-order valence-electron chi connectivity index (χ4n) is 4.01. The van der Waals surface area contributed by atoms with Crippen molar-refractivity contribution in [1.29, 1.82) is 0 Å². The minimum Gasteiger partial charge on any atom is -0.468 e. The lowest BCUT2D eigenvalue weighted by molar-refractivity contribution is -0.138. The fourth-order valence-corrected chi connectivity index (χ4v) is 4.01. The summed E-state index contributed by atoms with van der Waals surface area (Å²) < 4.78 is 11.2. The van der Waals surface area contributed by atoms with Crippen LogP contribution in [0.15, 0.2) is 65.1 Å². The van der Waals surface area contributed by atoms with Crippen LogP contribution in [0.5, 0.6) is 0 Å². The maximum atomic E-state index is 11.9.